The smallest absolute Gasteiger partial charge is 0.253 e. The van der Waals surface area contributed by atoms with Gasteiger partial charge < -0.3 is 14.5 Å². The molecule has 0 saturated carbocycles. The summed E-state index contributed by atoms with van der Waals surface area (Å²) in [6, 6.07) is 12.7. The number of likely N-dealkylation sites (N-methyl/N-ethyl adjacent to an activating group) is 1. The van der Waals surface area contributed by atoms with Gasteiger partial charge in [-0.25, -0.2) is 4.39 Å². The van der Waals surface area contributed by atoms with Gasteiger partial charge in [0.1, 0.15) is 17.3 Å². The third kappa shape index (κ3) is 5.57. The maximum atomic E-state index is 13.0. The van der Waals surface area contributed by atoms with Gasteiger partial charge in [0.15, 0.2) is 0 Å². The average Bonchev–Trinajstić information content (AvgIpc) is 2.77. The summed E-state index contributed by atoms with van der Waals surface area (Å²) in [5, 5.41) is 0. The number of nitrogens with zero attached hydrogens (tertiary/aromatic N) is 3. The first-order chi connectivity index (χ1) is 14.5. The van der Waals surface area contributed by atoms with E-state index in [1.807, 2.05) is 23.6 Å². The molecule has 1 aliphatic rings. The van der Waals surface area contributed by atoms with Crippen LogP contribution >= 0.6 is 0 Å². The van der Waals surface area contributed by atoms with Gasteiger partial charge in [-0.1, -0.05) is 0 Å². The summed E-state index contributed by atoms with van der Waals surface area (Å²) in [4.78, 5) is 30.8. The quantitative estimate of drug-likeness (QED) is 0.699. The van der Waals surface area contributed by atoms with Crippen LogP contribution in [0.15, 0.2) is 48.5 Å². The first-order valence-electron chi connectivity index (χ1n) is 10.3. The highest BCUT2D eigenvalue weighted by atomic mass is 19.1. The Balaban J connectivity index is 1.51. The predicted molar refractivity (Wildman–Crippen MR) is 113 cm³/mol. The van der Waals surface area contributed by atoms with Gasteiger partial charge in [0, 0.05) is 44.8 Å². The van der Waals surface area contributed by atoms with Crippen LogP contribution < -0.4 is 4.74 Å². The molecule has 0 N–H and O–H groups in total. The fourth-order valence-corrected chi connectivity index (χ4v) is 3.46. The number of hydrogen-bond acceptors (Lipinski definition) is 4. The SMILES string of the molecule is CCN(CC)C(=O)CN1CCN(C(=O)c2ccc(Oc3ccc(F)cc3)cc2)CC1. The normalized spacial score (nSPS) is 14.4. The van der Waals surface area contributed by atoms with E-state index in [9.17, 15) is 14.0 Å². The van der Waals surface area contributed by atoms with Gasteiger partial charge >= 0.3 is 0 Å². The molecule has 1 heterocycles. The van der Waals surface area contributed by atoms with Crippen LogP contribution in [0.25, 0.3) is 0 Å². The van der Waals surface area contributed by atoms with E-state index in [2.05, 4.69) is 4.90 Å². The molecule has 6 nitrogen and oxygen atoms in total. The zero-order valence-electron chi connectivity index (χ0n) is 17.5. The van der Waals surface area contributed by atoms with E-state index in [0.29, 0.717) is 62.9 Å². The third-order valence-electron chi connectivity index (χ3n) is 5.29. The van der Waals surface area contributed by atoms with Crippen LogP contribution in [-0.2, 0) is 4.79 Å². The van der Waals surface area contributed by atoms with E-state index in [4.69, 9.17) is 4.74 Å². The molecule has 2 aromatic carbocycles. The first-order valence-corrected chi connectivity index (χ1v) is 10.3. The van der Waals surface area contributed by atoms with Crippen LogP contribution in [0.5, 0.6) is 11.5 Å². The average molecular weight is 413 g/mol. The second kappa shape index (κ2) is 10.2. The number of benzene rings is 2. The summed E-state index contributed by atoms with van der Waals surface area (Å²) < 4.78 is 18.6. The predicted octanol–water partition coefficient (Wildman–Crippen LogP) is 3.24. The van der Waals surface area contributed by atoms with Crippen molar-refractivity contribution in [3.8, 4) is 11.5 Å². The molecular weight excluding hydrogens is 385 g/mol. The Morgan fingerprint density at radius 1 is 0.900 bits per heavy atom. The lowest BCUT2D eigenvalue weighted by molar-refractivity contribution is -0.132. The van der Waals surface area contributed by atoms with Crippen molar-refractivity contribution in [2.75, 3.05) is 45.8 Å². The largest absolute Gasteiger partial charge is 0.457 e. The van der Waals surface area contributed by atoms with E-state index < -0.39 is 0 Å². The van der Waals surface area contributed by atoms with E-state index in [-0.39, 0.29) is 17.6 Å². The Kier molecular flexibility index (Phi) is 7.41. The van der Waals surface area contributed by atoms with Gasteiger partial charge in [0.2, 0.25) is 5.91 Å². The van der Waals surface area contributed by atoms with E-state index in [0.717, 1.165) is 0 Å². The van der Waals surface area contributed by atoms with Crippen molar-refractivity contribution in [1.29, 1.82) is 0 Å². The van der Waals surface area contributed by atoms with Crippen molar-refractivity contribution in [3.63, 3.8) is 0 Å². The lowest BCUT2D eigenvalue weighted by atomic mass is 10.1. The van der Waals surface area contributed by atoms with Crippen LogP contribution in [0.3, 0.4) is 0 Å². The second-order valence-corrected chi connectivity index (χ2v) is 7.21. The summed E-state index contributed by atoms with van der Waals surface area (Å²) in [5.41, 5.74) is 0.592. The highest BCUT2D eigenvalue weighted by molar-refractivity contribution is 5.94. The Hall–Kier alpha value is -2.93. The highest BCUT2D eigenvalue weighted by Crippen LogP contribution is 2.22. The minimum Gasteiger partial charge on any atom is -0.457 e. The van der Waals surface area contributed by atoms with Gasteiger partial charge in [-0.05, 0) is 62.4 Å². The minimum atomic E-state index is -0.319. The van der Waals surface area contributed by atoms with Crippen molar-refractivity contribution >= 4 is 11.8 Å². The zero-order valence-corrected chi connectivity index (χ0v) is 17.5. The van der Waals surface area contributed by atoms with Gasteiger partial charge in [0.25, 0.3) is 5.91 Å². The number of halogens is 1. The molecule has 0 bridgehead atoms. The molecule has 7 heteroatoms. The van der Waals surface area contributed by atoms with Crippen LogP contribution in [0.2, 0.25) is 0 Å². The van der Waals surface area contributed by atoms with E-state index in [1.54, 1.807) is 36.4 Å². The molecule has 0 spiro atoms. The van der Waals surface area contributed by atoms with E-state index in [1.165, 1.54) is 12.1 Å². The van der Waals surface area contributed by atoms with Gasteiger partial charge in [-0.15, -0.1) is 0 Å². The first kappa shape index (κ1) is 21.8. The molecule has 30 heavy (non-hydrogen) atoms. The van der Waals surface area contributed by atoms with Crippen LogP contribution in [0, 0.1) is 5.82 Å². The summed E-state index contributed by atoms with van der Waals surface area (Å²) >= 11 is 0. The number of rotatable bonds is 7. The number of carbonyl (C=O) groups excluding carboxylic acids is 2. The lowest BCUT2D eigenvalue weighted by Crippen LogP contribution is -2.51. The molecule has 3 rings (SSSR count). The summed E-state index contributed by atoms with van der Waals surface area (Å²) in [6.45, 7) is 8.36. The summed E-state index contributed by atoms with van der Waals surface area (Å²) in [5.74, 6) is 0.902. The molecule has 2 amide bonds. The minimum absolute atomic E-state index is 0.0296. The lowest BCUT2D eigenvalue weighted by Gasteiger charge is -2.35. The maximum Gasteiger partial charge on any atom is 0.253 e. The molecule has 1 fully saturated rings. The van der Waals surface area contributed by atoms with Crippen molar-refractivity contribution in [2.24, 2.45) is 0 Å². The summed E-state index contributed by atoms with van der Waals surface area (Å²) in [6.07, 6.45) is 0. The Morgan fingerprint density at radius 2 is 1.43 bits per heavy atom. The Morgan fingerprint density at radius 3 is 1.97 bits per heavy atom. The molecular formula is C23H28FN3O3. The van der Waals surface area contributed by atoms with Gasteiger partial charge in [-0.2, -0.15) is 0 Å². The standard InChI is InChI=1S/C23H28FN3O3/c1-3-26(4-2)22(28)17-25-13-15-27(16-14-25)23(29)18-5-9-20(10-6-18)30-21-11-7-19(24)8-12-21/h5-12H,3-4,13-17H2,1-2H3. The molecule has 1 aliphatic heterocycles. The molecule has 0 aliphatic carbocycles. The van der Waals surface area contributed by atoms with Crippen molar-refractivity contribution < 1.29 is 18.7 Å². The van der Waals surface area contributed by atoms with Crippen LogP contribution in [-0.4, -0.2) is 72.3 Å². The molecule has 0 unspecified atom stereocenters. The zero-order chi connectivity index (χ0) is 21.5. The van der Waals surface area contributed by atoms with Gasteiger partial charge in [-0.3, -0.25) is 14.5 Å². The molecule has 160 valence electrons. The topological polar surface area (TPSA) is 53.1 Å². The Bertz CT molecular complexity index is 843. The highest BCUT2D eigenvalue weighted by Gasteiger charge is 2.24. The number of piperazine rings is 1. The molecule has 2 aromatic rings. The fourth-order valence-electron chi connectivity index (χ4n) is 3.46. The monoisotopic (exact) mass is 413 g/mol. The van der Waals surface area contributed by atoms with Crippen LogP contribution in [0.4, 0.5) is 4.39 Å². The number of carbonyl (C=O) groups is 2. The second-order valence-electron chi connectivity index (χ2n) is 7.21. The number of ether oxygens (including phenoxy) is 1. The Labute approximate surface area is 176 Å². The molecule has 1 saturated heterocycles. The summed E-state index contributed by atoms with van der Waals surface area (Å²) in [7, 11) is 0. The maximum absolute atomic E-state index is 13.0. The van der Waals surface area contributed by atoms with Crippen molar-refractivity contribution in [3.05, 3.63) is 59.9 Å². The van der Waals surface area contributed by atoms with E-state index >= 15 is 0 Å². The number of amides is 2. The van der Waals surface area contributed by atoms with Crippen molar-refractivity contribution in [1.82, 2.24) is 14.7 Å². The van der Waals surface area contributed by atoms with Crippen LogP contribution in [0.1, 0.15) is 24.2 Å². The number of hydrogen-bond donors (Lipinski definition) is 0. The third-order valence-corrected chi connectivity index (χ3v) is 5.29. The molecule has 0 radical (unpaired) electrons. The molecule has 0 atom stereocenters. The van der Waals surface area contributed by atoms with Crippen molar-refractivity contribution in [2.45, 2.75) is 13.8 Å². The molecule has 0 aromatic heterocycles. The van der Waals surface area contributed by atoms with Gasteiger partial charge in [0.05, 0.1) is 6.54 Å². The fraction of sp³-hybridized carbons (Fsp3) is 0.391.